The van der Waals surface area contributed by atoms with Crippen LogP contribution in [0.25, 0.3) is 0 Å². The van der Waals surface area contributed by atoms with E-state index in [0.717, 1.165) is 25.1 Å². The van der Waals surface area contributed by atoms with Gasteiger partial charge in [-0.2, -0.15) is 0 Å². The van der Waals surface area contributed by atoms with E-state index in [1.54, 1.807) is 17.3 Å². The van der Waals surface area contributed by atoms with E-state index in [1.165, 1.54) is 5.56 Å². The molecule has 5 heteroatoms. The third-order valence-electron chi connectivity index (χ3n) is 4.36. The second-order valence-corrected chi connectivity index (χ2v) is 6.24. The van der Waals surface area contributed by atoms with Gasteiger partial charge in [-0.3, -0.25) is 14.7 Å². The molecule has 1 aliphatic heterocycles. The fourth-order valence-electron chi connectivity index (χ4n) is 2.99. The largest absolute Gasteiger partial charge is 0.310 e. The summed E-state index contributed by atoms with van der Waals surface area (Å²) in [4.78, 5) is 20.7. The molecule has 0 N–H and O–H groups in total. The summed E-state index contributed by atoms with van der Waals surface area (Å²) in [7, 11) is 2.01. The third kappa shape index (κ3) is 3.54. The van der Waals surface area contributed by atoms with E-state index in [2.05, 4.69) is 9.88 Å². The lowest BCUT2D eigenvalue weighted by Gasteiger charge is -2.24. The lowest BCUT2D eigenvalue weighted by molar-refractivity contribution is -0.121. The van der Waals surface area contributed by atoms with Crippen molar-refractivity contribution < 1.29 is 4.79 Å². The van der Waals surface area contributed by atoms with Crippen LogP contribution in [0.2, 0.25) is 5.02 Å². The van der Waals surface area contributed by atoms with Gasteiger partial charge in [-0.1, -0.05) is 23.7 Å². The van der Waals surface area contributed by atoms with Crippen molar-refractivity contribution in [3.63, 3.8) is 0 Å². The molecule has 0 aliphatic carbocycles. The van der Waals surface area contributed by atoms with Gasteiger partial charge >= 0.3 is 0 Å². The molecule has 3 rings (SSSR count). The standard InChI is InChI=1S/C18H20ClN3O/c1-21(12-8-14-6-10-20-11-7-14)17-9-13-22(18(17)23)16-5-3-2-4-15(16)19/h2-7,10-11,17H,8-9,12-13H2,1H3. The zero-order chi connectivity index (χ0) is 16.2. The molecule has 0 spiro atoms. The fourth-order valence-corrected chi connectivity index (χ4v) is 3.23. The van der Waals surface area contributed by atoms with E-state index in [0.29, 0.717) is 11.6 Å². The van der Waals surface area contributed by atoms with Crippen LogP contribution in [0.4, 0.5) is 5.69 Å². The van der Waals surface area contributed by atoms with Crippen molar-refractivity contribution in [3.05, 3.63) is 59.4 Å². The summed E-state index contributed by atoms with van der Waals surface area (Å²) >= 11 is 6.22. The number of carbonyl (C=O) groups excluding carboxylic acids is 1. The number of rotatable bonds is 5. The van der Waals surface area contributed by atoms with Gasteiger partial charge in [0.1, 0.15) is 0 Å². The molecule has 0 radical (unpaired) electrons. The van der Waals surface area contributed by atoms with Crippen molar-refractivity contribution in [2.24, 2.45) is 0 Å². The molecule has 1 aromatic carbocycles. The van der Waals surface area contributed by atoms with Crippen LogP contribution in [0.1, 0.15) is 12.0 Å². The molecule has 4 nitrogen and oxygen atoms in total. The molecule has 1 fully saturated rings. The number of pyridine rings is 1. The monoisotopic (exact) mass is 329 g/mol. The van der Waals surface area contributed by atoms with Gasteiger partial charge in [0.25, 0.3) is 0 Å². The van der Waals surface area contributed by atoms with Gasteiger partial charge in [0, 0.05) is 25.5 Å². The number of hydrogen-bond donors (Lipinski definition) is 0. The normalized spacial score (nSPS) is 18.0. The topological polar surface area (TPSA) is 36.4 Å². The van der Waals surface area contributed by atoms with Crippen LogP contribution < -0.4 is 4.90 Å². The first-order valence-electron chi connectivity index (χ1n) is 7.82. The first-order chi connectivity index (χ1) is 11.2. The fraction of sp³-hybridized carbons (Fsp3) is 0.333. The molecule has 1 aromatic heterocycles. The van der Waals surface area contributed by atoms with Crippen molar-refractivity contribution in [1.29, 1.82) is 0 Å². The SMILES string of the molecule is CN(CCc1ccncc1)C1CCN(c2ccccc2Cl)C1=O. The average Bonchev–Trinajstić information content (AvgIpc) is 2.95. The van der Waals surface area contributed by atoms with Gasteiger partial charge in [0.15, 0.2) is 0 Å². The van der Waals surface area contributed by atoms with E-state index in [-0.39, 0.29) is 11.9 Å². The quantitative estimate of drug-likeness (QED) is 0.846. The summed E-state index contributed by atoms with van der Waals surface area (Å²) in [6.45, 7) is 1.56. The van der Waals surface area contributed by atoms with Gasteiger partial charge in [0.2, 0.25) is 5.91 Å². The number of carbonyl (C=O) groups is 1. The van der Waals surface area contributed by atoms with E-state index in [4.69, 9.17) is 11.6 Å². The van der Waals surface area contributed by atoms with Crippen LogP contribution in [-0.2, 0) is 11.2 Å². The maximum absolute atomic E-state index is 12.7. The molecule has 0 bridgehead atoms. The lowest BCUT2D eigenvalue weighted by atomic mass is 10.1. The maximum Gasteiger partial charge on any atom is 0.244 e. The molecule has 120 valence electrons. The molecule has 23 heavy (non-hydrogen) atoms. The van der Waals surface area contributed by atoms with Crippen molar-refractivity contribution in [1.82, 2.24) is 9.88 Å². The second kappa shape index (κ2) is 7.11. The Bertz CT molecular complexity index is 677. The van der Waals surface area contributed by atoms with Gasteiger partial charge < -0.3 is 4.90 Å². The first kappa shape index (κ1) is 16.0. The highest BCUT2D eigenvalue weighted by Gasteiger charge is 2.35. The number of hydrogen-bond acceptors (Lipinski definition) is 3. The summed E-state index contributed by atoms with van der Waals surface area (Å²) < 4.78 is 0. The molecular formula is C18H20ClN3O. The summed E-state index contributed by atoms with van der Waals surface area (Å²) in [5.41, 5.74) is 2.05. The van der Waals surface area contributed by atoms with Crippen LogP contribution in [0, 0.1) is 0 Å². The molecule has 1 unspecified atom stereocenters. The smallest absolute Gasteiger partial charge is 0.244 e. The minimum Gasteiger partial charge on any atom is -0.310 e. The second-order valence-electron chi connectivity index (χ2n) is 5.83. The molecule has 2 aromatic rings. The van der Waals surface area contributed by atoms with Crippen LogP contribution in [-0.4, -0.2) is 42.0 Å². The number of benzene rings is 1. The zero-order valence-electron chi connectivity index (χ0n) is 13.2. The minimum atomic E-state index is -0.0758. The predicted octanol–water partition coefficient (Wildman–Crippen LogP) is 3.01. The summed E-state index contributed by atoms with van der Waals surface area (Å²) in [6.07, 6.45) is 5.34. The number of likely N-dealkylation sites (N-methyl/N-ethyl adjacent to an activating group) is 1. The molecule has 0 saturated carbocycles. The van der Waals surface area contributed by atoms with Gasteiger partial charge in [0.05, 0.1) is 16.8 Å². The predicted molar refractivity (Wildman–Crippen MR) is 92.8 cm³/mol. The number of para-hydroxylation sites is 1. The lowest BCUT2D eigenvalue weighted by Crippen LogP contribution is -2.40. The molecule has 1 atom stereocenters. The molecule has 1 amide bonds. The van der Waals surface area contributed by atoms with Crippen molar-refractivity contribution >= 4 is 23.2 Å². The van der Waals surface area contributed by atoms with Crippen LogP contribution in [0.5, 0.6) is 0 Å². The Morgan fingerprint density at radius 2 is 2.00 bits per heavy atom. The van der Waals surface area contributed by atoms with Crippen LogP contribution in [0.15, 0.2) is 48.8 Å². The number of amides is 1. The van der Waals surface area contributed by atoms with Crippen LogP contribution >= 0.6 is 11.6 Å². The first-order valence-corrected chi connectivity index (χ1v) is 8.19. The van der Waals surface area contributed by atoms with Crippen molar-refractivity contribution in [3.8, 4) is 0 Å². The summed E-state index contributed by atoms with van der Waals surface area (Å²) in [6, 6.07) is 11.5. The number of halogens is 1. The average molecular weight is 330 g/mol. The van der Waals surface area contributed by atoms with E-state index >= 15 is 0 Å². The van der Waals surface area contributed by atoms with Gasteiger partial charge in [-0.25, -0.2) is 0 Å². The summed E-state index contributed by atoms with van der Waals surface area (Å²) in [5, 5.41) is 0.626. The highest BCUT2D eigenvalue weighted by atomic mass is 35.5. The zero-order valence-corrected chi connectivity index (χ0v) is 13.9. The van der Waals surface area contributed by atoms with Gasteiger partial charge in [-0.05, 0) is 49.7 Å². The van der Waals surface area contributed by atoms with Gasteiger partial charge in [-0.15, -0.1) is 0 Å². The minimum absolute atomic E-state index is 0.0758. The van der Waals surface area contributed by atoms with E-state index in [9.17, 15) is 4.79 Å². The Morgan fingerprint density at radius 1 is 1.26 bits per heavy atom. The Hall–Kier alpha value is -1.91. The van der Waals surface area contributed by atoms with E-state index in [1.807, 2.05) is 43.4 Å². The summed E-state index contributed by atoms with van der Waals surface area (Å²) in [5.74, 6) is 0.135. The molecular weight excluding hydrogens is 310 g/mol. The van der Waals surface area contributed by atoms with Crippen molar-refractivity contribution in [2.75, 3.05) is 25.0 Å². The number of nitrogens with zero attached hydrogens (tertiary/aromatic N) is 3. The molecule has 2 heterocycles. The Balaban J connectivity index is 1.63. The Kier molecular flexibility index (Phi) is 4.94. The Labute approximate surface area is 141 Å². The van der Waals surface area contributed by atoms with Crippen LogP contribution in [0.3, 0.4) is 0 Å². The molecule has 1 aliphatic rings. The van der Waals surface area contributed by atoms with Crippen molar-refractivity contribution in [2.45, 2.75) is 18.9 Å². The van der Waals surface area contributed by atoms with E-state index < -0.39 is 0 Å². The highest BCUT2D eigenvalue weighted by Crippen LogP contribution is 2.30. The third-order valence-corrected chi connectivity index (χ3v) is 4.67. The maximum atomic E-state index is 12.7. The number of anilines is 1. The Morgan fingerprint density at radius 3 is 2.74 bits per heavy atom. The molecule has 1 saturated heterocycles. The highest BCUT2D eigenvalue weighted by molar-refractivity contribution is 6.33. The number of aromatic nitrogens is 1.